The van der Waals surface area contributed by atoms with E-state index >= 15 is 0 Å². The summed E-state index contributed by atoms with van der Waals surface area (Å²) in [5.41, 5.74) is 10.5. The zero-order chi connectivity index (χ0) is 7.28. The van der Waals surface area contributed by atoms with Crippen molar-refractivity contribution < 1.29 is 4.79 Å². The highest BCUT2D eigenvalue weighted by Gasteiger charge is 2.06. The average Bonchev–Trinajstić information content (AvgIpc) is 1.82. The third kappa shape index (κ3) is 4.44. The van der Waals surface area contributed by atoms with Gasteiger partial charge in [0.25, 0.3) is 0 Å². The minimum Gasteiger partial charge on any atom is -0.330 e. The molecule has 1 atom stereocenters. The highest BCUT2D eigenvalue weighted by molar-refractivity contribution is 7.96. The van der Waals surface area contributed by atoms with Crippen molar-refractivity contribution in [2.75, 3.05) is 6.54 Å². The van der Waals surface area contributed by atoms with E-state index in [9.17, 15) is 4.79 Å². The Balaban J connectivity index is 3.27. The van der Waals surface area contributed by atoms with E-state index in [0.717, 1.165) is 6.42 Å². The van der Waals surface area contributed by atoms with Gasteiger partial charge in [0.2, 0.25) is 5.12 Å². The lowest BCUT2D eigenvalue weighted by molar-refractivity contribution is -0.112. The van der Waals surface area contributed by atoms with Crippen molar-refractivity contribution >= 4 is 17.7 Å². The van der Waals surface area contributed by atoms with Crippen LogP contribution in [-0.4, -0.2) is 17.7 Å². The van der Waals surface area contributed by atoms with Gasteiger partial charge in [-0.25, -0.2) is 0 Å². The zero-order valence-corrected chi connectivity index (χ0v) is 6.10. The van der Waals surface area contributed by atoms with Crippen LogP contribution in [0.4, 0.5) is 0 Å². The molecular formula is C5H12N2OS. The van der Waals surface area contributed by atoms with Crippen molar-refractivity contribution in [2.45, 2.75) is 18.9 Å². The predicted octanol–water partition coefficient (Wildman–Crippen LogP) is -0.491. The first-order valence-corrected chi connectivity index (χ1v) is 3.31. The van der Waals surface area contributed by atoms with Crippen LogP contribution < -0.4 is 11.5 Å². The maximum Gasteiger partial charge on any atom is 0.202 e. The zero-order valence-electron chi connectivity index (χ0n) is 5.21. The van der Waals surface area contributed by atoms with Gasteiger partial charge < -0.3 is 11.5 Å². The monoisotopic (exact) mass is 148 g/mol. The van der Waals surface area contributed by atoms with Crippen LogP contribution >= 0.6 is 12.6 Å². The minimum absolute atomic E-state index is 0.261. The second-order valence-electron chi connectivity index (χ2n) is 1.88. The fourth-order valence-corrected chi connectivity index (χ4v) is 0.590. The van der Waals surface area contributed by atoms with Gasteiger partial charge in [-0.15, -0.1) is 12.6 Å². The quantitative estimate of drug-likeness (QED) is 0.471. The van der Waals surface area contributed by atoms with E-state index in [2.05, 4.69) is 12.6 Å². The first-order valence-electron chi connectivity index (χ1n) is 2.87. The van der Waals surface area contributed by atoms with E-state index in [1.807, 2.05) is 0 Å². The van der Waals surface area contributed by atoms with E-state index < -0.39 is 6.04 Å². The summed E-state index contributed by atoms with van der Waals surface area (Å²) < 4.78 is 0. The Kier molecular flexibility index (Phi) is 4.75. The Bertz CT molecular complexity index is 97.0. The summed E-state index contributed by atoms with van der Waals surface area (Å²) in [4.78, 5) is 10.3. The van der Waals surface area contributed by atoms with Crippen LogP contribution in [0.3, 0.4) is 0 Å². The van der Waals surface area contributed by atoms with Gasteiger partial charge in [0.15, 0.2) is 0 Å². The fraction of sp³-hybridized carbons (Fsp3) is 0.800. The van der Waals surface area contributed by atoms with Crippen molar-refractivity contribution in [1.29, 1.82) is 0 Å². The van der Waals surface area contributed by atoms with E-state index in [4.69, 9.17) is 11.5 Å². The second-order valence-corrected chi connectivity index (χ2v) is 2.32. The number of hydrogen-bond acceptors (Lipinski definition) is 3. The smallest absolute Gasteiger partial charge is 0.202 e. The molecular weight excluding hydrogens is 136 g/mol. The van der Waals surface area contributed by atoms with E-state index in [1.54, 1.807) is 0 Å². The average molecular weight is 148 g/mol. The molecule has 0 radical (unpaired) electrons. The van der Waals surface area contributed by atoms with Gasteiger partial charge in [-0.1, -0.05) is 0 Å². The van der Waals surface area contributed by atoms with Crippen LogP contribution in [0.1, 0.15) is 12.8 Å². The number of hydrogen-bond donors (Lipinski definition) is 3. The largest absolute Gasteiger partial charge is 0.330 e. The standard InChI is InChI=1S/C5H12N2OS/c6-3-1-2-4(7)5(8)9/h4H,1-3,6-7H2,(H,8,9)/t4-/m0/s1. The van der Waals surface area contributed by atoms with E-state index in [0.29, 0.717) is 13.0 Å². The molecule has 3 nitrogen and oxygen atoms in total. The maximum atomic E-state index is 10.3. The Morgan fingerprint density at radius 2 is 2.22 bits per heavy atom. The summed E-state index contributed by atoms with van der Waals surface area (Å²) in [7, 11) is 0. The van der Waals surface area contributed by atoms with Gasteiger partial charge in [-0.2, -0.15) is 0 Å². The predicted molar refractivity (Wildman–Crippen MR) is 40.3 cm³/mol. The molecule has 0 saturated carbocycles. The molecule has 0 spiro atoms. The van der Waals surface area contributed by atoms with Crippen LogP contribution in [0.2, 0.25) is 0 Å². The summed E-state index contributed by atoms with van der Waals surface area (Å²) in [6.07, 6.45) is 1.42. The normalized spacial score (nSPS) is 13.2. The molecule has 4 heteroatoms. The van der Waals surface area contributed by atoms with Crippen molar-refractivity contribution in [3.63, 3.8) is 0 Å². The third-order valence-corrected chi connectivity index (χ3v) is 1.37. The molecule has 0 heterocycles. The summed E-state index contributed by atoms with van der Waals surface area (Å²) in [6, 6.07) is -0.433. The van der Waals surface area contributed by atoms with Gasteiger partial charge in [-0.3, -0.25) is 4.79 Å². The molecule has 0 aromatic rings. The molecule has 0 rings (SSSR count). The summed E-state index contributed by atoms with van der Waals surface area (Å²) in [5, 5.41) is -0.261. The van der Waals surface area contributed by atoms with Gasteiger partial charge in [0.1, 0.15) is 0 Å². The van der Waals surface area contributed by atoms with Crippen molar-refractivity contribution in [3.05, 3.63) is 0 Å². The highest BCUT2D eigenvalue weighted by atomic mass is 32.1. The lowest BCUT2D eigenvalue weighted by Gasteiger charge is -2.03. The molecule has 0 aromatic heterocycles. The molecule has 4 N–H and O–H groups in total. The molecule has 54 valence electrons. The summed E-state index contributed by atoms with van der Waals surface area (Å²) in [6.45, 7) is 0.578. The number of thiol groups is 1. The van der Waals surface area contributed by atoms with Crippen LogP contribution in [0, 0.1) is 0 Å². The minimum atomic E-state index is -0.433. The van der Waals surface area contributed by atoms with Crippen molar-refractivity contribution in [3.8, 4) is 0 Å². The number of rotatable bonds is 4. The van der Waals surface area contributed by atoms with E-state index in [-0.39, 0.29) is 5.12 Å². The van der Waals surface area contributed by atoms with Crippen LogP contribution in [0.15, 0.2) is 0 Å². The molecule has 0 aliphatic rings. The highest BCUT2D eigenvalue weighted by Crippen LogP contribution is 1.95. The molecule has 0 unspecified atom stereocenters. The van der Waals surface area contributed by atoms with Crippen LogP contribution in [0.5, 0.6) is 0 Å². The van der Waals surface area contributed by atoms with Crippen LogP contribution in [0.25, 0.3) is 0 Å². The van der Waals surface area contributed by atoms with Crippen LogP contribution in [-0.2, 0) is 4.79 Å². The summed E-state index contributed by atoms with van der Waals surface area (Å²) in [5.74, 6) is 0. The Labute approximate surface area is 60.2 Å². The van der Waals surface area contributed by atoms with Gasteiger partial charge in [0.05, 0.1) is 6.04 Å². The SMILES string of the molecule is NCCC[C@H](N)C(=O)S. The molecule has 0 fully saturated rings. The Morgan fingerprint density at radius 1 is 1.67 bits per heavy atom. The number of carbonyl (C=O) groups is 1. The van der Waals surface area contributed by atoms with Gasteiger partial charge in [0, 0.05) is 0 Å². The molecule has 0 aliphatic carbocycles. The lowest BCUT2D eigenvalue weighted by atomic mass is 10.2. The van der Waals surface area contributed by atoms with Gasteiger partial charge in [-0.05, 0) is 19.4 Å². The molecule has 0 saturated heterocycles. The molecule has 0 amide bonds. The Hall–Kier alpha value is -0.0600. The molecule has 0 aliphatic heterocycles. The first-order chi connectivity index (χ1) is 4.18. The molecule has 0 bridgehead atoms. The third-order valence-electron chi connectivity index (χ3n) is 1.04. The fourth-order valence-electron chi connectivity index (χ4n) is 0.461. The van der Waals surface area contributed by atoms with Crippen molar-refractivity contribution in [2.24, 2.45) is 11.5 Å². The van der Waals surface area contributed by atoms with E-state index in [1.165, 1.54) is 0 Å². The van der Waals surface area contributed by atoms with Crippen molar-refractivity contribution in [1.82, 2.24) is 0 Å². The topological polar surface area (TPSA) is 69.1 Å². The molecule has 0 aromatic carbocycles. The molecule has 9 heavy (non-hydrogen) atoms. The first kappa shape index (κ1) is 8.94. The lowest BCUT2D eigenvalue weighted by Crippen LogP contribution is -2.27. The summed E-state index contributed by atoms with van der Waals surface area (Å²) >= 11 is 3.56. The number of nitrogens with two attached hydrogens (primary N) is 2. The maximum absolute atomic E-state index is 10.3. The Morgan fingerprint density at radius 3 is 2.56 bits per heavy atom. The van der Waals surface area contributed by atoms with Gasteiger partial charge >= 0.3 is 0 Å². The second kappa shape index (κ2) is 4.78. The number of carbonyl (C=O) groups excluding carboxylic acids is 1.